The third kappa shape index (κ3) is 5.87. The lowest BCUT2D eigenvalue weighted by Gasteiger charge is -2.26. The van der Waals surface area contributed by atoms with Gasteiger partial charge in [0, 0.05) is 12.1 Å². The molecule has 0 aliphatic heterocycles. The zero-order valence-electron chi connectivity index (χ0n) is 11.5. The maximum atomic E-state index is 10.8. The van der Waals surface area contributed by atoms with Crippen molar-refractivity contribution in [1.29, 1.82) is 0 Å². The topological polar surface area (TPSA) is 106 Å². The smallest absolute Gasteiger partial charge is 0.271 e. The van der Waals surface area contributed by atoms with E-state index in [2.05, 4.69) is 16.0 Å². The average molecular weight is 402 g/mol. The molecule has 0 aliphatic rings. The van der Waals surface area contributed by atoms with E-state index in [1.165, 1.54) is 25.3 Å². The number of non-ortho nitro benzene ring substituents is 1. The van der Waals surface area contributed by atoms with Gasteiger partial charge in [-0.1, -0.05) is 34.8 Å². The Morgan fingerprint density at radius 1 is 1.48 bits per heavy atom. The molecule has 0 radical (unpaired) electrons. The second kappa shape index (κ2) is 8.34. The second-order valence-corrected chi connectivity index (χ2v) is 6.78. The zero-order chi connectivity index (χ0) is 17.6. The molecule has 0 aliphatic carbocycles. The van der Waals surface area contributed by atoms with E-state index >= 15 is 0 Å². The minimum Gasteiger partial charge on any atom is -0.495 e. The SMILES string of the molecule is COc1ccc([N+](=O)[O-])cc1NC(=S)N[C@@H](NC=O)C(Cl)(Cl)Cl. The van der Waals surface area contributed by atoms with Gasteiger partial charge in [-0.25, -0.2) is 0 Å². The van der Waals surface area contributed by atoms with E-state index in [0.717, 1.165) is 0 Å². The quantitative estimate of drug-likeness (QED) is 0.168. The van der Waals surface area contributed by atoms with Crippen LogP contribution in [0.5, 0.6) is 5.75 Å². The van der Waals surface area contributed by atoms with Gasteiger partial charge >= 0.3 is 0 Å². The van der Waals surface area contributed by atoms with Crippen LogP contribution in [0.25, 0.3) is 0 Å². The van der Waals surface area contributed by atoms with Gasteiger partial charge < -0.3 is 20.7 Å². The number of methoxy groups -OCH3 is 1. The van der Waals surface area contributed by atoms with Crippen molar-refractivity contribution in [2.24, 2.45) is 0 Å². The maximum absolute atomic E-state index is 10.8. The van der Waals surface area contributed by atoms with Crippen molar-refractivity contribution >= 4 is 69.9 Å². The minimum atomic E-state index is -1.88. The van der Waals surface area contributed by atoms with Crippen LogP contribution in [-0.2, 0) is 4.79 Å². The Morgan fingerprint density at radius 2 is 2.13 bits per heavy atom. The van der Waals surface area contributed by atoms with Crippen LogP contribution < -0.4 is 20.7 Å². The molecule has 1 atom stereocenters. The lowest BCUT2D eigenvalue weighted by atomic mass is 10.2. The summed E-state index contributed by atoms with van der Waals surface area (Å²) in [7, 11) is 1.39. The molecule has 1 amide bonds. The van der Waals surface area contributed by atoms with Crippen molar-refractivity contribution in [3.05, 3.63) is 28.3 Å². The molecule has 12 heteroatoms. The summed E-state index contributed by atoms with van der Waals surface area (Å²) in [6, 6.07) is 3.90. The van der Waals surface area contributed by atoms with Gasteiger partial charge in [0.1, 0.15) is 11.9 Å². The Labute approximate surface area is 151 Å². The number of alkyl halides is 3. The number of halogens is 3. The van der Waals surface area contributed by atoms with Crippen LogP contribution in [0.3, 0.4) is 0 Å². The summed E-state index contributed by atoms with van der Waals surface area (Å²) < 4.78 is 3.20. The number of hydrogen-bond donors (Lipinski definition) is 3. The number of carbonyl (C=O) groups excluding carboxylic acids is 1. The van der Waals surface area contributed by atoms with E-state index in [0.29, 0.717) is 12.2 Å². The predicted octanol–water partition coefficient (Wildman–Crippen LogP) is 2.33. The Kier molecular flexibility index (Phi) is 7.07. The number of hydrogen-bond acceptors (Lipinski definition) is 5. The number of nitrogens with one attached hydrogen (secondary N) is 3. The van der Waals surface area contributed by atoms with Crippen LogP contribution in [0.4, 0.5) is 11.4 Å². The first kappa shape index (κ1) is 19.5. The lowest BCUT2D eigenvalue weighted by molar-refractivity contribution is -0.384. The van der Waals surface area contributed by atoms with Crippen molar-refractivity contribution in [2.45, 2.75) is 9.96 Å². The fourth-order valence-corrected chi connectivity index (χ4v) is 2.06. The van der Waals surface area contributed by atoms with Crippen LogP contribution in [0.1, 0.15) is 0 Å². The van der Waals surface area contributed by atoms with Crippen LogP contribution in [0.15, 0.2) is 18.2 Å². The molecule has 1 aromatic rings. The molecule has 0 saturated carbocycles. The number of nitro benzene ring substituents is 1. The van der Waals surface area contributed by atoms with Gasteiger partial charge in [0.05, 0.1) is 17.7 Å². The van der Waals surface area contributed by atoms with E-state index in [1.54, 1.807) is 0 Å². The van der Waals surface area contributed by atoms with Crippen molar-refractivity contribution in [1.82, 2.24) is 10.6 Å². The summed E-state index contributed by atoms with van der Waals surface area (Å²) >= 11 is 22.1. The lowest BCUT2D eigenvalue weighted by Crippen LogP contribution is -2.53. The largest absolute Gasteiger partial charge is 0.495 e. The molecule has 23 heavy (non-hydrogen) atoms. The summed E-state index contributed by atoms with van der Waals surface area (Å²) in [6.07, 6.45) is -0.787. The number of amides is 1. The molecule has 0 unspecified atom stereocenters. The molecule has 0 bridgehead atoms. The third-order valence-electron chi connectivity index (χ3n) is 2.48. The summed E-state index contributed by atoms with van der Waals surface area (Å²) in [5, 5.41) is 18.3. The number of nitro groups is 1. The molecule has 3 N–H and O–H groups in total. The number of ether oxygens (including phenoxy) is 1. The Balaban J connectivity index is 2.93. The van der Waals surface area contributed by atoms with Gasteiger partial charge in [-0.05, 0) is 18.3 Å². The van der Waals surface area contributed by atoms with Gasteiger partial charge in [0.25, 0.3) is 5.69 Å². The van der Waals surface area contributed by atoms with Gasteiger partial charge in [0.2, 0.25) is 10.2 Å². The third-order valence-corrected chi connectivity index (χ3v) is 3.35. The number of anilines is 1. The summed E-state index contributed by atoms with van der Waals surface area (Å²) in [5.74, 6) is 0.313. The normalized spacial score (nSPS) is 12.0. The molecule has 8 nitrogen and oxygen atoms in total. The highest BCUT2D eigenvalue weighted by molar-refractivity contribution is 7.80. The molecule has 1 rings (SSSR count). The molecular weight excluding hydrogens is 391 g/mol. The van der Waals surface area contributed by atoms with Gasteiger partial charge in [-0.15, -0.1) is 0 Å². The van der Waals surface area contributed by atoms with E-state index < -0.39 is 14.9 Å². The van der Waals surface area contributed by atoms with E-state index in [-0.39, 0.29) is 16.5 Å². The maximum Gasteiger partial charge on any atom is 0.271 e. The molecule has 0 fully saturated rings. The van der Waals surface area contributed by atoms with Crippen LogP contribution in [-0.4, -0.2) is 33.5 Å². The highest BCUT2D eigenvalue weighted by atomic mass is 35.6. The van der Waals surface area contributed by atoms with Crippen molar-refractivity contribution in [3.63, 3.8) is 0 Å². The number of rotatable bonds is 6. The molecule has 0 aromatic heterocycles. The fraction of sp³-hybridized carbons (Fsp3) is 0.273. The Hall–Kier alpha value is -1.55. The highest BCUT2D eigenvalue weighted by Crippen LogP contribution is 2.30. The zero-order valence-corrected chi connectivity index (χ0v) is 14.6. The Bertz CT molecular complexity index is 611. The molecule has 0 heterocycles. The van der Waals surface area contributed by atoms with Crippen LogP contribution >= 0.6 is 47.0 Å². The molecule has 1 aromatic carbocycles. The van der Waals surface area contributed by atoms with E-state index in [4.69, 9.17) is 51.8 Å². The monoisotopic (exact) mass is 400 g/mol. The first-order valence-electron chi connectivity index (χ1n) is 5.85. The summed E-state index contributed by atoms with van der Waals surface area (Å²) in [5.41, 5.74) is 0.0633. The number of carbonyl (C=O) groups is 1. The highest BCUT2D eigenvalue weighted by Gasteiger charge is 2.33. The molecule has 0 saturated heterocycles. The molecular formula is C11H11Cl3N4O4S. The standard InChI is InChI=1S/C11H11Cl3N4O4S/c1-22-8-3-2-6(18(20)21)4-7(8)16-10(23)17-9(15-5-19)11(12,13)14/h2-5,9H,1H3,(H,15,19)(H2,16,17,23)/t9-/m1/s1. The summed E-state index contributed by atoms with van der Waals surface area (Å²) in [6.45, 7) is 0. The van der Waals surface area contributed by atoms with Crippen LogP contribution in [0, 0.1) is 10.1 Å². The first-order chi connectivity index (χ1) is 10.7. The average Bonchev–Trinajstić information content (AvgIpc) is 2.45. The van der Waals surface area contributed by atoms with Gasteiger partial charge in [-0.2, -0.15) is 0 Å². The van der Waals surface area contributed by atoms with Gasteiger partial charge in [0.15, 0.2) is 5.11 Å². The second-order valence-electron chi connectivity index (χ2n) is 4.00. The van der Waals surface area contributed by atoms with Crippen molar-refractivity contribution in [3.8, 4) is 5.75 Å². The predicted molar refractivity (Wildman–Crippen MR) is 92.3 cm³/mol. The fourth-order valence-electron chi connectivity index (χ4n) is 1.48. The van der Waals surface area contributed by atoms with Crippen molar-refractivity contribution < 1.29 is 14.5 Å². The number of nitrogens with zero attached hydrogens (tertiary/aromatic N) is 1. The summed E-state index contributed by atoms with van der Waals surface area (Å²) in [4.78, 5) is 20.8. The first-order valence-corrected chi connectivity index (χ1v) is 7.39. The number of thiocarbonyl (C=S) groups is 1. The van der Waals surface area contributed by atoms with Crippen molar-refractivity contribution in [2.75, 3.05) is 12.4 Å². The van der Waals surface area contributed by atoms with Gasteiger partial charge in [-0.3, -0.25) is 14.9 Å². The number of benzene rings is 1. The van der Waals surface area contributed by atoms with E-state index in [1.807, 2.05) is 0 Å². The Morgan fingerprint density at radius 3 is 2.61 bits per heavy atom. The molecule has 126 valence electrons. The minimum absolute atomic E-state index is 0.0468. The molecule has 0 spiro atoms. The van der Waals surface area contributed by atoms with Crippen LogP contribution in [0.2, 0.25) is 0 Å². The van der Waals surface area contributed by atoms with E-state index in [9.17, 15) is 14.9 Å².